The molecule has 140 valence electrons. The topological polar surface area (TPSA) is 80.9 Å². The molecule has 3 rings (SSSR count). The predicted molar refractivity (Wildman–Crippen MR) is 102 cm³/mol. The summed E-state index contributed by atoms with van der Waals surface area (Å²) < 4.78 is 16.3. The van der Waals surface area contributed by atoms with Crippen LogP contribution in [0.25, 0.3) is 11.3 Å². The van der Waals surface area contributed by atoms with Gasteiger partial charge in [-0.2, -0.15) is 0 Å². The van der Waals surface area contributed by atoms with E-state index in [0.29, 0.717) is 39.3 Å². The summed E-state index contributed by atoms with van der Waals surface area (Å²) in [6, 6.07) is 15.5. The largest absolute Gasteiger partial charge is 0.496 e. The third-order valence-electron chi connectivity index (χ3n) is 3.76. The molecule has 2 aromatic carbocycles. The fourth-order valence-electron chi connectivity index (χ4n) is 2.49. The fraction of sp³-hybridized carbons (Fsp3) is 0.150. The monoisotopic (exact) mass is 387 g/mol. The van der Waals surface area contributed by atoms with E-state index in [0.717, 1.165) is 0 Å². The van der Waals surface area contributed by atoms with Gasteiger partial charge in [0.2, 0.25) is 0 Å². The lowest BCUT2D eigenvalue weighted by molar-refractivity contribution is -0.118. The van der Waals surface area contributed by atoms with Gasteiger partial charge >= 0.3 is 0 Å². The molecule has 2 N–H and O–H groups in total. The third-order valence-corrected chi connectivity index (χ3v) is 4.07. The van der Waals surface area contributed by atoms with Crippen molar-refractivity contribution < 1.29 is 23.8 Å². The quantitative estimate of drug-likeness (QED) is 0.637. The van der Waals surface area contributed by atoms with Gasteiger partial charge in [0.1, 0.15) is 29.6 Å². The summed E-state index contributed by atoms with van der Waals surface area (Å²) in [5, 5.41) is 12.4. The molecule has 1 amide bonds. The van der Waals surface area contributed by atoms with Crippen molar-refractivity contribution in [1.82, 2.24) is 0 Å². The highest BCUT2D eigenvalue weighted by Gasteiger charge is 2.13. The van der Waals surface area contributed by atoms with Gasteiger partial charge < -0.3 is 24.3 Å². The molecule has 1 heterocycles. The van der Waals surface area contributed by atoms with E-state index in [9.17, 15) is 4.79 Å². The summed E-state index contributed by atoms with van der Waals surface area (Å²) in [7, 11) is 1.55. The zero-order valence-electron chi connectivity index (χ0n) is 14.6. The number of aliphatic hydroxyl groups excluding tert-OH is 1. The number of carbonyl (C=O) groups excluding carboxylic acids is 1. The number of para-hydroxylation sites is 1. The van der Waals surface area contributed by atoms with Gasteiger partial charge in [-0.05, 0) is 42.5 Å². The Labute approximate surface area is 161 Å². The van der Waals surface area contributed by atoms with Gasteiger partial charge in [-0.25, -0.2) is 0 Å². The van der Waals surface area contributed by atoms with Gasteiger partial charge in [0.05, 0.1) is 17.7 Å². The minimum absolute atomic E-state index is 0.180. The summed E-state index contributed by atoms with van der Waals surface area (Å²) in [5.74, 6) is 1.66. The molecule has 7 heteroatoms. The van der Waals surface area contributed by atoms with Crippen LogP contribution in [0.1, 0.15) is 5.76 Å². The number of hydrogen-bond acceptors (Lipinski definition) is 5. The van der Waals surface area contributed by atoms with Crippen LogP contribution < -0.4 is 14.8 Å². The van der Waals surface area contributed by atoms with Crippen LogP contribution in [0.3, 0.4) is 0 Å². The molecule has 0 fully saturated rings. The summed E-state index contributed by atoms with van der Waals surface area (Å²) >= 11 is 6.00. The van der Waals surface area contributed by atoms with E-state index in [1.165, 1.54) is 0 Å². The number of anilines is 1. The Morgan fingerprint density at radius 2 is 1.96 bits per heavy atom. The number of nitrogens with one attached hydrogen (secondary N) is 1. The first-order valence-corrected chi connectivity index (χ1v) is 8.53. The highest BCUT2D eigenvalue weighted by molar-refractivity contribution is 6.32. The highest BCUT2D eigenvalue weighted by Crippen LogP contribution is 2.33. The zero-order valence-corrected chi connectivity index (χ0v) is 15.3. The van der Waals surface area contributed by atoms with Crippen LogP contribution in [-0.2, 0) is 11.4 Å². The van der Waals surface area contributed by atoms with Crippen molar-refractivity contribution in [1.29, 1.82) is 0 Å². The second-order valence-corrected chi connectivity index (χ2v) is 6.01. The minimum Gasteiger partial charge on any atom is -0.496 e. The minimum atomic E-state index is -0.332. The van der Waals surface area contributed by atoms with Gasteiger partial charge in [0.15, 0.2) is 6.61 Å². The molecule has 0 aliphatic rings. The number of ether oxygens (including phenoxy) is 2. The maximum Gasteiger partial charge on any atom is 0.262 e. The summed E-state index contributed by atoms with van der Waals surface area (Å²) in [4.78, 5) is 12.2. The average molecular weight is 388 g/mol. The molecule has 0 aliphatic carbocycles. The smallest absolute Gasteiger partial charge is 0.262 e. The lowest BCUT2D eigenvalue weighted by Gasteiger charge is -2.11. The molecule has 0 radical (unpaired) electrons. The van der Waals surface area contributed by atoms with Crippen LogP contribution in [0.5, 0.6) is 11.5 Å². The number of carbonyl (C=O) groups is 1. The number of hydrogen-bond donors (Lipinski definition) is 2. The number of aliphatic hydroxyl groups is 1. The molecular formula is C20H18ClNO5. The van der Waals surface area contributed by atoms with Gasteiger partial charge in [0, 0.05) is 5.69 Å². The van der Waals surface area contributed by atoms with Gasteiger partial charge in [-0.15, -0.1) is 0 Å². The summed E-state index contributed by atoms with van der Waals surface area (Å²) in [6.07, 6.45) is 0. The van der Waals surface area contributed by atoms with Crippen molar-refractivity contribution in [2.24, 2.45) is 0 Å². The Morgan fingerprint density at radius 3 is 2.67 bits per heavy atom. The van der Waals surface area contributed by atoms with Crippen LogP contribution >= 0.6 is 11.6 Å². The van der Waals surface area contributed by atoms with Crippen LogP contribution in [0, 0.1) is 0 Å². The van der Waals surface area contributed by atoms with Crippen molar-refractivity contribution in [2.75, 3.05) is 19.0 Å². The van der Waals surface area contributed by atoms with Gasteiger partial charge in [0.25, 0.3) is 5.91 Å². The SMILES string of the molecule is COc1ccc(NC(=O)COc2ccccc2Cl)cc1-c1ccc(CO)o1. The normalized spacial score (nSPS) is 10.5. The number of benzene rings is 2. The average Bonchev–Trinajstić information content (AvgIpc) is 3.16. The first-order valence-electron chi connectivity index (χ1n) is 8.16. The summed E-state index contributed by atoms with van der Waals surface area (Å²) in [6.45, 7) is -0.376. The molecule has 3 aromatic rings. The Balaban J connectivity index is 1.72. The Morgan fingerprint density at radius 1 is 1.15 bits per heavy atom. The first kappa shape index (κ1) is 18.8. The second-order valence-electron chi connectivity index (χ2n) is 5.61. The van der Waals surface area contributed by atoms with E-state index < -0.39 is 0 Å². The number of amides is 1. The van der Waals surface area contributed by atoms with Crippen LogP contribution in [0.2, 0.25) is 5.02 Å². The molecule has 0 saturated carbocycles. The molecule has 0 bridgehead atoms. The van der Waals surface area contributed by atoms with E-state index in [4.69, 9.17) is 30.6 Å². The fourth-order valence-corrected chi connectivity index (χ4v) is 2.68. The second kappa shape index (κ2) is 8.62. The van der Waals surface area contributed by atoms with Crippen molar-refractivity contribution in [2.45, 2.75) is 6.61 Å². The maximum atomic E-state index is 12.2. The Kier molecular flexibility index (Phi) is 6.01. The molecular weight excluding hydrogens is 370 g/mol. The Bertz CT molecular complexity index is 938. The van der Waals surface area contributed by atoms with Crippen LogP contribution in [0.15, 0.2) is 59.0 Å². The molecule has 0 atom stereocenters. The molecule has 6 nitrogen and oxygen atoms in total. The lowest BCUT2D eigenvalue weighted by atomic mass is 10.1. The molecule has 27 heavy (non-hydrogen) atoms. The molecule has 0 unspecified atom stereocenters. The number of halogens is 1. The third kappa shape index (κ3) is 4.61. The molecule has 1 aromatic heterocycles. The van der Waals surface area contributed by atoms with E-state index in [1.807, 2.05) is 0 Å². The van der Waals surface area contributed by atoms with E-state index in [2.05, 4.69) is 5.32 Å². The summed E-state index contributed by atoms with van der Waals surface area (Å²) in [5.41, 5.74) is 1.21. The van der Waals surface area contributed by atoms with Crippen LogP contribution in [-0.4, -0.2) is 24.7 Å². The standard InChI is InChI=1S/C20H18ClNO5/c1-25-17-8-6-13(10-15(17)18-9-7-14(11-23)27-18)22-20(24)12-26-19-5-3-2-4-16(19)21/h2-10,23H,11-12H2,1H3,(H,22,24). The predicted octanol–water partition coefficient (Wildman–Crippen LogP) is 4.12. The van der Waals surface area contributed by atoms with E-state index in [1.54, 1.807) is 61.7 Å². The lowest BCUT2D eigenvalue weighted by Crippen LogP contribution is -2.20. The number of furan rings is 1. The number of methoxy groups -OCH3 is 1. The van der Waals surface area contributed by atoms with Crippen molar-refractivity contribution in [3.8, 4) is 22.8 Å². The maximum absolute atomic E-state index is 12.2. The van der Waals surface area contributed by atoms with Crippen molar-refractivity contribution in [3.63, 3.8) is 0 Å². The van der Waals surface area contributed by atoms with Crippen molar-refractivity contribution >= 4 is 23.2 Å². The molecule has 0 aliphatic heterocycles. The van der Waals surface area contributed by atoms with E-state index in [-0.39, 0.29) is 19.1 Å². The first-order chi connectivity index (χ1) is 13.1. The van der Waals surface area contributed by atoms with Crippen LogP contribution in [0.4, 0.5) is 5.69 Å². The van der Waals surface area contributed by atoms with Crippen molar-refractivity contribution in [3.05, 3.63) is 65.4 Å². The molecule has 0 saturated heterocycles. The highest BCUT2D eigenvalue weighted by atomic mass is 35.5. The zero-order chi connectivity index (χ0) is 19.2. The van der Waals surface area contributed by atoms with Gasteiger partial charge in [-0.3, -0.25) is 4.79 Å². The Hall–Kier alpha value is -2.96. The molecule has 0 spiro atoms. The van der Waals surface area contributed by atoms with E-state index >= 15 is 0 Å². The van der Waals surface area contributed by atoms with Gasteiger partial charge in [-0.1, -0.05) is 23.7 Å². The number of rotatable bonds is 7.